The number of benzene rings is 1. The number of ether oxygens (including phenoxy) is 1. The lowest BCUT2D eigenvalue weighted by atomic mass is 9.87. The highest BCUT2D eigenvalue weighted by Gasteiger charge is 2.22. The van der Waals surface area contributed by atoms with Crippen LogP contribution in [-0.4, -0.2) is 51.5 Å². The van der Waals surface area contributed by atoms with Crippen LogP contribution >= 0.6 is 0 Å². The van der Waals surface area contributed by atoms with Crippen LogP contribution in [0.3, 0.4) is 0 Å². The summed E-state index contributed by atoms with van der Waals surface area (Å²) in [5, 5.41) is 6.36. The lowest BCUT2D eigenvalue weighted by molar-refractivity contribution is 0.0960. The first-order chi connectivity index (χ1) is 16.9. The molecule has 1 aromatic carbocycles. The van der Waals surface area contributed by atoms with Crippen molar-refractivity contribution >= 4 is 22.6 Å². The Kier molecular flexibility index (Phi) is 7.09. The van der Waals surface area contributed by atoms with E-state index in [0.29, 0.717) is 29.0 Å². The number of anilines is 1. The quantitative estimate of drug-likeness (QED) is 0.395. The molecule has 3 heterocycles. The molecule has 0 saturated carbocycles. The molecule has 1 amide bonds. The van der Waals surface area contributed by atoms with Crippen molar-refractivity contribution in [2.75, 3.05) is 26.0 Å². The van der Waals surface area contributed by atoms with E-state index in [2.05, 4.69) is 49.4 Å². The van der Waals surface area contributed by atoms with E-state index in [0.717, 1.165) is 17.3 Å². The van der Waals surface area contributed by atoms with Crippen molar-refractivity contribution < 1.29 is 13.9 Å². The fraction of sp³-hybridized carbons (Fsp3) is 0.280. The van der Waals surface area contributed by atoms with Crippen LogP contribution in [0.5, 0.6) is 6.01 Å². The second kappa shape index (κ2) is 10.4. The van der Waals surface area contributed by atoms with Gasteiger partial charge in [-0.2, -0.15) is 0 Å². The zero-order valence-corrected chi connectivity index (χ0v) is 19.9. The van der Waals surface area contributed by atoms with Crippen LogP contribution < -0.4 is 15.4 Å². The zero-order valence-electron chi connectivity index (χ0n) is 19.9. The molecule has 0 aliphatic carbocycles. The van der Waals surface area contributed by atoms with Crippen LogP contribution in [0.4, 0.5) is 10.2 Å². The molecule has 4 rings (SSSR count). The maximum Gasteiger partial charge on any atom is 0.316 e. The monoisotopic (exact) mass is 475 g/mol. The van der Waals surface area contributed by atoms with E-state index in [1.165, 1.54) is 20.5 Å². The van der Waals surface area contributed by atoms with Crippen LogP contribution in [0.2, 0.25) is 0 Å². The molecule has 0 aliphatic rings. The summed E-state index contributed by atoms with van der Waals surface area (Å²) in [6.45, 7) is 4.82. The van der Waals surface area contributed by atoms with Gasteiger partial charge in [-0.3, -0.25) is 9.78 Å². The summed E-state index contributed by atoms with van der Waals surface area (Å²) in [6.07, 6.45) is 5.88. The molecule has 10 heteroatoms. The number of methoxy groups -OCH3 is 1. The molecule has 180 valence electrons. The third-order valence-corrected chi connectivity index (χ3v) is 6.06. The number of amides is 1. The molecule has 0 radical (unpaired) electrons. The van der Waals surface area contributed by atoms with Crippen molar-refractivity contribution in [2.45, 2.75) is 19.8 Å². The fourth-order valence-corrected chi connectivity index (χ4v) is 3.86. The summed E-state index contributed by atoms with van der Waals surface area (Å²) in [6, 6.07) is 7.64. The molecule has 0 bridgehead atoms. The van der Waals surface area contributed by atoms with Gasteiger partial charge in [-0.25, -0.2) is 24.3 Å². The highest BCUT2D eigenvalue weighted by atomic mass is 19.1. The number of aromatic nitrogens is 5. The first-order valence-corrected chi connectivity index (χ1v) is 11.1. The minimum absolute atomic E-state index is 0.00774. The van der Waals surface area contributed by atoms with Crippen LogP contribution in [0.15, 0.2) is 49.2 Å². The van der Waals surface area contributed by atoms with Crippen LogP contribution in [0, 0.1) is 11.7 Å². The van der Waals surface area contributed by atoms with Gasteiger partial charge in [-0.1, -0.05) is 32.0 Å². The normalized spacial score (nSPS) is 12.7. The summed E-state index contributed by atoms with van der Waals surface area (Å²) in [5.41, 5.74) is 3.01. The summed E-state index contributed by atoms with van der Waals surface area (Å²) in [5.74, 6) is -0.212. The molecule has 2 atom stereocenters. The van der Waals surface area contributed by atoms with Crippen molar-refractivity contribution in [3.63, 3.8) is 0 Å². The Morgan fingerprint density at radius 3 is 2.57 bits per heavy atom. The van der Waals surface area contributed by atoms with Crippen molar-refractivity contribution in [1.29, 1.82) is 0 Å². The molecule has 0 spiro atoms. The molecule has 0 aliphatic heterocycles. The first kappa shape index (κ1) is 23.9. The molecule has 2 N–H and O–H groups in total. The van der Waals surface area contributed by atoms with Gasteiger partial charge < -0.3 is 15.4 Å². The lowest BCUT2D eigenvalue weighted by Gasteiger charge is -2.22. The molecule has 35 heavy (non-hydrogen) atoms. The van der Waals surface area contributed by atoms with Crippen LogP contribution in [0.1, 0.15) is 35.7 Å². The highest BCUT2D eigenvalue weighted by Crippen LogP contribution is 2.32. The largest absolute Gasteiger partial charge is 0.467 e. The summed E-state index contributed by atoms with van der Waals surface area (Å²) >= 11 is 0. The van der Waals surface area contributed by atoms with Gasteiger partial charge in [0.15, 0.2) is 5.82 Å². The highest BCUT2D eigenvalue weighted by molar-refractivity contribution is 6.06. The van der Waals surface area contributed by atoms with E-state index in [1.807, 2.05) is 18.2 Å². The minimum atomic E-state index is -0.641. The topological polar surface area (TPSA) is 115 Å². The molecule has 9 nitrogen and oxygen atoms in total. The number of halogens is 1. The van der Waals surface area contributed by atoms with Gasteiger partial charge in [0, 0.05) is 43.0 Å². The van der Waals surface area contributed by atoms with E-state index in [9.17, 15) is 9.18 Å². The van der Waals surface area contributed by atoms with E-state index in [4.69, 9.17) is 4.74 Å². The third kappa shape index (κ3) is 5.01. The van der Waals surface area contributed by atoms with Crippen molar-refractivity contribution in [3.05, 3.63) is 66.1 Å². The van der Waals surface area contributed by atoms with E-state index < -0.39 is 11.7 Å². The number of rotatable bonds is 8. The molecule has 0 fully saturated rings. The van der Waals surface area contributed by atoms with Gasteiger partial charge in [0.1, 0.15) is 12.1 Å². The average Bonchev–Trinajstić information content (AvgIpc) is 2.90. The number of hydrogen-bond acceptors (Lipinski definition) is 8. The Balaban J connectivity index is 1.52. The molecule has 3 aromatic heterocycles. The first-order valence-electron chi connectivity index (χ1n) is 11.1. The average molecular weight is 476 g/mol. The number of pyridine rings is 1. The second-order valence-corrected chi connectivity index (χ2v) is 8.20. The molecule has 1 unspecified atom stereocenters. The maximum absolute atomic E-state index is 14.4. The number of para-hydroxylation sites is 1. The fourth-order valence-electron chi connectivity index (χ4n) is 3.86. The molecule has 4 aromatic rings. The predicted octanol–water partition coefficient (Wildman–Crippen LogP) is 3.84. The Morgan fingerprint density at radius 1 is 1.09 bits per heavy atom. The SMILES string of the molecule is CNC(=O)c1c(F)cnc2c(C(C)[C@H](C)CNc3cc(-c4cnc(OC)nc4)ncn3)cccc12. The van der Waals surface area contributed by atoms with E-state index in [-0.39, 0.29) is 23.4 Å². The number of fused-ring (bicyclic) bond motifs is 1. The number of nitrogens with zero attached hydrogens (tertiary/aromatic N) is 5. The lowest BCUT2D eigenvalue weighted by Crippen LogP contribution is -2.21. The Morgan fingerprint density at radius 2 is 1.86 bits per heavy atom. The Hall–Kier alpha value is -4.21. The Bertz CT molecular complexity index is 1350. The van der Waals surface area contributed by atoms with Crippen molar-refractivity contribution in [1.82, 2.24) is 30.2 Å². The van der Waals surface area contributed by atoms with Gasteiger partial charge >= 0.3 is 6.01 Å². The van der Waals surface area contributed by atoms with Crippen LogP contribution in [0.25, 0.3) is 22.2 Å². The molecule has 0 saturated heterocycles. The predicted molar refractivity (Wildman–Crippen MR) is 131 cm³/mol. The van der Waals surface area contributed by atoms with Crippen molar-refractivity contribution in [3.8, 4) is 17.3 Å². The summed E-state index contributed by atoms with van der Waals surface area (Å²) in [7, 11) is 2.99. The maximum atomic E-state index is 14.4. The van der Waals surface area contributed by atoms with E-state index in [1.54, 1.807) is 18.5 Å². The smallest absolute Gasteiger partial charge is 0.316 e. The Labute approximate surface area is 202 Å². The standard InChI is InChI=1S/C25H26FN7O2/c1-14(9-28-21-8-20(32-13-33-21)16-10-30-25(35-4)31-11-16)15(2)17-6-5-7-18-22(24(34)27-3)19(26)12-29-23(17)18/h5-8,10-15H,9H2,1-4H3,(H,27,34)(H,28,32,33)/t14-,15?/m1/s1. The second-order valence-electron chi connectivity index (χ2n) is 8.20. The van der Waals surface area contributed by atoms with Crippen molar-refractivity contribution in [2.24, 2.45) is 5.92 Å². The number of carbonyl (C=O) groups excluding carboxylic acids is 1. The minimum Gasteiger partial charge on any atom is -0.467 e. The van der Waals surface area contributed by atoms with Gasteiger partial charge in [-0.15, -0.1) is 0 Å². The van der Waals surface area contributed by atoms with Gasteiger partial charge in [0.2, 0.25) is 0 Å². The zero-order chi connectivity index (χ0) is 24.9. The summed E-state index contributed by atoms with van der Waals surface area (Å²) < 4.78 is 19.4. The van der Waals surface area contributed by atoms with Crippen LogP contribution in [-0.2, 0) is 0 Å². The number of nitrogens with one attached hydrogen (secondary N) is 2. The molecular formula is C25H26FN7O2. The van der Waals surface area contributed by atoms with Gasteiger partial charge in [0.05, 0.1) is 30.1 Å². The number of hydrogen-bond donors (Lipinski definition) is 2. The molecular weight excluding hydrogens is 449 g/mol. The third-order valence-electron chi connectivity index (χ3n) is 6.06. The van der Waals surface area contributed by atoms with Gasteiger partial charge in [-0.05, 0) is 17.4 Å². The number of carbonyl (C=O) groups is 1. The summed E-state index contributed by atoms with van der Waals surface area (Å²) in [4.78, 5) is 33.4. The van der Waals surface area contributed by atoms with Gasteiger partial charge in [0.25, 0.3) is 5.91 Å². The van der Waals surface area contributed by atoms with E-state index >= 15 is 0 Å².